The van der Waals surface area contributed by atoms with Gasteiger partial charge in [-0.05, 0) is 34.5 Å². The molecular formula is C12H14BrCl2NO3S. The summed E-state index contributed by atoms with van der Waals surface area (Å²) in [5.41, 5.74) is 0.0885. The first-order chi connectivity index (χ1) is 9.27. The molecule has 1 aromatic rings. The van der Waals surface area contributed by atoms with Crippen LogP contribution in [0.25, 0.3) is 0 Å². The second-order valence-electron chi connectivity index (χ2n) is 4.16. The van der Waals surface area contributed by atoms with Crippen LogP contribution in [0.15, 0.2) is 21.5 Å². The Morgan fingerprint density at radius 1 is 1.35 bits per heavy atom. The quantitative estimate of drug-likeness (QED) is 0.578. The summed E-state index contributed by atoms with van der Waals surface area (Å²) in [7, 11) is 1.36. The summed E-state index contributed by atoms with van der Waals surface area (Å²) >= 11 is 9.02. The van der Waals surface area contributed by atoms with Gasteiger partial charge in [0, 0.05) is 21.7 Å². The Balaban J connectivity index is 2.98. The van der Waals surface area contributed by atoms with Crippen LogP contribution < -0.4 is 5.32 Å². The van der Waals surface area contributed by atoms with E-state index < -0.39 is 15.0 Å². The van der Waals surface area contributed by atoms with Gasteiger partial charge in [-0.25, -0.2) is 8.42 Å². The van der Waals surface area contributed by atoms with Crippen molar-refractivity contribution in [2.75, 3.05) is 6.54 Å². The average Bonchev–Trinajstić information content (AvgIpc) is 2.32. The molecule has 0 fully saturated rings. The highest BCUT2D eigenvalue weighted by molar-refractivity contribution is 9.10. The first-order valence-electron chi connectivity index (χ1n) is 5.99. The van der Waals surface area contributed by atoms with Gasteiger partial charge in [-0.3, -0.25) is 4.79 Å². The lowest BCUT2D eigenvalue weighted by atomic mass is 10.2. The second-order valence-corrected chi connectivity index (χ2v) is 7.96. The van der Waals surface area contributed by atoms with Gasteiger partial charge in [-0.15, -0.1) is 0 Å². The normalized spacial score (nSPS) is 11.4. The fourth-order valence-electron chi connectivity index (χ4n) is 1.56. The lowest BCUT2D eigenvalue weighted by Crippen LogP contribution is -2.25. The minimum Gasteiger partial charge on any atom is -0.352 e. The van der Waals surface area contributed by atoms with E-state index in [1.165, 1.54) is 12.1 Å². The summed E-state index contributed by atoms with van der Waals surface area (Å²) in [5.74, 6) is -0.417. The number of nitrogens with one attached hydrogen (secondary N) is 1. The highest BCUT2D eigenvalue weighted by Gasteiger charge is 2.20. The Kier molecular flexibility index (Phi) is 6.78. The number of hydrogen-bond donors (Lipinski definition) is 1. The van der Waals surface area contributed by atoms with Crippen molar-refractivity contribution in [1.82, 2.24) is 5.32 Å². The van der Waals surface area contributed by atoms with Gasteiger partial charge in [0.1, 0.15) is 0 Å². The molecule has 1 N–H and O–H groups in total. The molecule has 0 aliphatic carbocycles. The first kappa shape index (κ1) is 17.8. The smallest absolute Gasteiger partial charge is 0.262 e. The van der Waals surface area contributed by atoms with Crippen LogP contribution in [0.2, 0.25) is 5.02 Å². The molecule has 0 saturated carbocycles. The summed E-state index contributed by atoms with van der Waals surface area (Å²) in [6, 6.07) is 2.52. The van der Waals surface area contributed by atoms with Gasteiger partial charge in [-0.2, -0.15) is 0 Å². The van der Waals surface area contributed by atoms with Crippen LogP contribution in [0, 0.1) is 0 Å². The predicted molar refractivity (Wildman–Crippen MR) is 84.0 cm³/mol. The number of benzene rings is 1. The van der Waals surface area contributed by atoms with E-state index in [1.54, 1.807) is 0 Å². The van der Waals surface area contributed by atoms with Crippen molar-refractivity contribution in [3.8, 4) is 0 Å². The van der Waals surface area contributed by atoms with E-state index in [0.29, 0.717) is 6.54 Å². The maximum absolute atomic E-state index is 12.0. The Morgan fingerprint density at radius 2 is 2.00 bits per heavy atom. The molecule has 0 aliphatic rings. The van der Waals surface area contributed by atoms with Crippen LogP contribution in [-0.4, -0.2) is 20.9 Å². The molecule has 0 spiro atoms. The van der Waals surface area contributed by atoms with Crippen LogP contribution in [0.3, 0.4) is 0 Å². The third-order valence-electron chi connectivity index (χ3n) is 2.59. The topological polar surface area (TPSA) is 63.2 Å². The number of carbonyl (C=O) groups excluding carboxylic acids is 1. The molecule has 0 atom stereocenters. The van der Waals surface area contributed by atoms with E-state index in [0.717, 1.165) is 19.3 Å². The number of rotatable bonds is 6. The van der Waals surface area contributed by atoms with Crippen LogP contribution in [0.4, 0.5) is 0 Å². The molecule has 20 heavy (non-hydrogen) atoms. The van der Waals surface area contributed by atoms with Gasteiger partial charge in [0.2, 0.25) is 0 Å². The Bertz CT molecular complexity index is 605. The summed E-state index contributed by atoms with van der Waals surface area (Å²) in [6.07, 6.45) is 2.91. The third-order valence-corrected chi connectivity index (χ3v) is 5.19. The molecule has 0 radical (unpaired) electrons. The maximum atomic E-state index is 12.0. The molecule has 0 bridgehead atoms. The van der Waals surface area contributed by atoms with Crippen molar-refractivity contribution in [2.45, 2.75) is 31.1 Å². The van der Waals surface area contributed by atoms with Crippen LogP contribution in [-0.2, 0) is 9.05 Å². The predicted octanol–water partition coefficient (Wildman–Crippen LogP) is 3.95. The maximum Gasteiger partial charge on any atom is 0.262 e. The van der Waals surface area contributed by atoms with Crippen molar-refractivity contribution in [3.63, 3.8) is 0 Å². The summed E-state index contributed by atoms with van der Waals surface area (Å²) < 4.78 is 23.0. The summed E-state index contributed by atoms with van der Waals surface area (Å²) in [6.45, 7) is 2.58. The van der Waals surface area contributed by atoms with E-state index in [-0.39, 0.29) is 20.0 Å². The average molecular weight is 403 g/mol. The molecule has 0 saturated heterocycles. The molecule has 8 heteroatoms. The molecule has 4 nitrogen and oxygen atoms in total. The first-order valence-corrected chi connectivity index (χ1v) is 9.47. The fourth-order valence-corrected chi connectivity index (χ4v) is 4.14. The van der Waals surface area contributed by atoms with Gasteiger partial charge < -0.3 is 5.32 Å². The zero-order valence-electron chi connectivity index (χ0n) is 10.8. The van der Waals surface area contributed by atoms with Gasteiger partial charge >= 0.3 is 0 Å². The minimum absolute atomic E-state index is 0.0885. The summed E-state index contributed by atoms with van der Waals surface area (Å²) in [4.78, 5) is 11.8. The van der Waals surface area contributed by atoms with Gasteiger partial charge in [0.05, 0.1) is 15.5 Å². The van der Waals surface area contributed by atoms with E-state index in [9.17, 15) is 13.2 Å². The largest absolute Gasteiger partial charge is 0.352 e. The molecule has 112 valence electrons. The molecule has 1 amide bonds. The van der Waals surface area contributed by atoms with E-state index in [4.69, 9.17) is 22.3 Å². The SMILES string of the molecule is CCCCCNC(=O)c1cc(S(=O)(=O)Cl)c(Br)cc1Cl. The Hall–Kier alpha value is -0.300. The lowest BCUT2D eigenvalue weighted by Gasteiger charge is -2.09. The number of amides is 1. The number of unbranched alkanes of at least 4 members (excludes halogenated alkanes) is 2. The van der Waals surface area contributed by atoms with Crippen molar-refractivity contribution >= 4 is 53.2 Å². The van der Waals surface area contributed by atoms with Crippen LogP contribution >= 0.6 is 38.2 Å². The van der Waals surface area contributed by atoms with Crippen molar-refractivity contribution in [3.05, 3.63) is 27.2 Å². The standard InChI is InChI=1S/C12H14BrCl2NO3S/c1-2-3-4-5-16-12(17)8-6-11(20(15,18)19)9(13)7-10(8)14/h6-7H,2-5H2,1H3,(H,16,17). The third kappa shape index (κ3) is 4.91. The van der Waals surface area contributed by atoms with Crippen LogP contribution in [0.1, 0.15) is 36.5 Å². The fraction of sp³-hybridized carbons (Fsp3) is 0.417. The number of carbonyl (C=O) groups is 1. The molecule has 1 rings (SSSR count). The van der Waals surface area contributed by atoms with Crippen molar-refractivity contribution < 1.29 is 13.2 Å². The number of halogens is 3. The van der Waals surface area contributed by atoms with E-state index in [2.05, 4.69) is 28.2 Å². The summed E-state index contributed by atoms with van der Waals surface area (Å²) in [5, 5.41) is 2.86. The monoisotopic (exact) mass is 401 g/mol. The lowest BCUT2D eigenvalue weighted by molar-refractivity contribution is 0.0953. The van der Waals surface area contributed by atoms with Crippen LogP contribution in [0.5, 0.6) is 0 Å². The van der Waals surface area contributed by atoms with E-state index in [1.807, 2.05) is 0 Å². The highest BCUT2D eigenvalue weighted by atomic mass is 79.9. The Labute approximate surface area is 136 Å². The number of hydrogen-bond acceptors (Lipinski definition) is 3. The molecule has 0 heterocycles. The van der Waals surface area contributed by atoms with Crippen molar-refractivity contribution in [2.24, 2.45) is 0 Å². The highest BCUT2D eigenvalue weighted by Crippen LogP contribution is 2.30. The molecule has 0 aromatic heterocycles. The molecule has 1 aromatic carbocycles. The molecular weight excluding hydrogens is 389 g/mol. The molecule has 0 unspecified atom stereocenters. The van der Waals surface area contributed by atoms with Gasteiger partial charge in [-0.1, -0.05) is 31.4 Å². The van der Waals surface area contributed by atoms with Gasteiger partial charge in [0.25, 0.3) is 15.0 Å². The van der Waals surface area contributed by atoms with E-state index >= 15 is 0 Å². The van der Waals surface area contributed by atoms with Gasteiger partial charge in [0.15, 0.2) is 0 Å². The Morgan fingerprint density at radius 3 is 2.55 bits per heavy atom. The van der Waals surface area contributed by atoms with Crippen molar-refractivity contribution in [1.29, 1.82) is 0 Å². The second kappa shape index (κ2) is 7.64. The zero-order valence-corrected chi connectivity index (χ0v) is 14.7. The molecule has 0 aliphatic heterocycles. The zero-order chi connectivity index (χ0) is 15.3. The minimum atomic E-state index is -3.95.